The highest BCUT2D eigenvalue weighted by atomic mass is 32.2. The van der Waals surface area contributed by atoms with Crippen LogP contribution in [0.3, 0.4) is 0 Å². The number of nitrogens with two attached hydrogens (primary N) is 1. The predicted molar refractivity (Wildman–Crippen MR) is 67.8 cm³/mol. The van der Waals surface area contributed by atoms with Gasteiger partial charge in [0, 0.05) is 6.54 Å². The van der Waals surface area contributed by atoms with Crippen LogP contribution in [0.15, 0.2) is 4.21 Å². The van der Waals surface area contributed by atoms with Crippen molar-refractivity contribution in [3.8, 4) is 0 Å². The third-order valence-corrected chi connectivity index (χ3v) is 5.07. The van der Waals surface area contributed by atoms with E-state index in [9.17, 15) is 4.79 Å². The van der Waals surface area contributed by atoms with Crippen LogP contribution in [0.25, 0.3) is 0 Å². The molecule has 0 saturated carbocycles. The fraction of sp³-hybridized carbons (Fsp3) is 0.600. The number of aryl methyl sites for hydroxylation is 1. The molecule has 0 aromatic carbocycles. The molecule has 4 nitrogen and oxygen atoms in total. The van der Waals surface area contributed by atoms with Gasteiger partial charge in [0.05, 0.1) is 15.2 Å². The van der Waals surface area contributed by atoms with Crippen LogP contribution in [0, 0.1) is 6.92 Å². The van der Waals surface area contributed by atoms with Gasteiger partial charge in [-0.2, -0.15) is 0 Å². The summed E-state index contributed by atoms with van der Waals surface area (Å²) < 4.78 is 1.07. The average Bonchev–Trinajstić information content (AvgIpc) is 2.43. The van der Waals surface area contributed by atoms with Gasteiger partial charge in [0.1, 0.15) is 0 Å². The summed E-state index contributed by atoms with van der Waals surface area (Å²) in [5.74, 6) is 0.147. The topological polar surface area (TPSA) is 68.0 Å². The molecule has 1 aliphatic rings. The Balaban J connectivity index is 2.07. The average molecular weight is 257 g/mol. The molecule has 16 heavy (non-hydrogen) atoms. The maximum Gasteiger partial charge on any atom is 0.233 e. The fourth-order valence-electron chi connectivity index (χ4n) is 1.66. The van der Waals surface area contributed by atoms with Gasteiger partial charge in [-0.05, 0) is 19.8 Å². The van der Waals surface area contributed by atoms with Crippen molar-refractivity contribution in [3.05, 3.63) is 5.69 Å². The van der Waals surface area contributed by atoms with E-state index in [-0.39, 0.29) is 11.2 Å². The molecule has 1 fully saturated rings. The molecule has 1 unspecified atom stereocenters. The number of carbonyl (C=O) groups is 1. The molecule has 1 aliphatic heterocycles. The first-order valence-electron chi connectivity index (χ1n) is 5.34. The molecule has 0 radical (unpaired) electrons. The van der Waals surface area contributed by atoms with E-state index in [0.717, 1.165) is 35.7 Å². The molecule has 2 heterocycles. The molecular formula is C10H15N3OS2. The smallest absolute Gasteiger partial charge is 0.233 e. The number of aromatic nitrogens is 1. The van der Waals surface area contributed by atoms with E-state index in [1.807, 2.05) is 6.92 Å². The molecule has 1 aromatic heterocycles. The number of nitrogens with zero attached hydrogens (tertiary/aromatic N) is 1. The first-order chi connectivity index (χ1) is 7.66. The number of anilines is 1. The van der Waals surface area contributed by atoms with Crippen molar-refractivity contribution in [2.75, 3.05) is 12.3 Å². The van der Waals surface area contributed by atoms with Gasteiger partial charge in [0.2, 0.25) is 5.91 Å². The van der Waals surface area contributed by atoms with E-state index in [4.69, 9.17) is 5.73 Å². The minimum Gasteiger partial charge on any atom is -0.375 e. The van der Waals surface area contributed by atoms with Gasteiger partial charge in [-0.25, -0.2) is 4.98 Å². The summed E-state index contributed by atoms with van der Waals surface area (Å²) in [7, 11) is 0. The number of rotatable bonds is 2. The SMILES string of the molecule is Cc1nc(N)sc1SC1CCCCNC1=O. The normalized spacial score (nSPS) is 21.6. The summed E-state index contributed by atoms with van der Waals surface area (Å²) in [5, 5.41) is 3.53. The maximum absolute atomic E-state index is 11.8. The molecule has 1 amide bonds. The Morgan fingerprint density at radius 1 is 1.56 bits per heavy atom. The molecular weight excluding hydrogens is 242 g/mol. The monoisotopic (exact) mass is 257 g/mol. The van der Waals surface area contributed by atoms with Gasteiger partial charge >= 0.3 is 0 Å². The Morgan fingerprint density at radius 3 is 3.06 bits per heavy atom. The fourth-order valence-corrected chi connectivity index (χ4v) is 3.98. The summed E-state index contributed by atoms with van der Waals surface area (Å²) in [4.78, 5) is 15.9. The van der Waals surface area contributed by atoms with Gasteiger partial charge < -0.3 is 11.1 Å². The number of thioether (sulfide) groups is 1. The van der Waals surface area contributed by atoms with Crippen molar-refractivity contribution in [1.29, 1.82) is 0 Å². The van der Waals surface area contributed by atoms with Crippen molar-refractivity contribution < 1.29 is 4.79 Å². The Bertz CT molecular complexity index is 391. The third kappa shape index (κ3) is 2.68. The first kappa shape index (κ1) is 11.7. The summed E-state index contributed by atoms with van der Waals surface area (Å²) in [6.07, 6.45) is 3.12. The lowest BCUT2D eigenvalue weighted by Gasteiger charge is -2.11. The maximum atomic E-state index is 11.8. The van der Waals surface area contributed by atoms with Crippen molar-refractivity contribution in [3.63, 3.8) is 0 Å². The largest absolute Gasteiger partial charge is 0.375 e. The third-order valence-electron chi connectivity index (χ3n) is 2.50. The summed E-state index contributed by atoms with van der Waals surface area (Å²) in [6, 6.07) is 0. The zero-order valence-corrected chi connectivity index (χ0v) is 10.8. The Morgan fingerprint density at radius 2 is 2.38 bits per heavy atom. The lowest BCUT2D eigenvalue weighted by atomic mass is 10.2. The van der Waals surface area contributed by atoms with Gasteiger partial charge in [0.25, 0.3) is 0 Å². The molecule has 0 spiro atoms. The van der Waals surface area contributed by atoms with Crippen LogP contribution in [0.4, 0.5) is 5.13 Å². The van der Waals surface area contributed by atoms with E-state index < -0.39 is 0 Å². The molecule has 1 atom stereocenters. The molecule has 1 aromatic rings. The number of hydrogen-bond donors (Lipinski definition) is 2. The van der Waals surface area contributed by atoms with Crippen LogP contribution in [-0.4, -0.2) is 22.7 Å². The minimum absolute atomic E-state index is 0.0149. The number of carbonyl (C=O) groups excluding carboxylic acids is 1. The standard InChI is InChI=1S/C10H15N3OS2/c1-6-9(16-10(11)13-6)15-7-4-2-3-5-12-8(7)14/h7H,2-5H2,1H3,(H2,11,13)(H,12,14). The molecule has 2 rings (SSSR count). The molecule has 88 valence electrons. The predicted octanol–water partition coefficient (Wildman–Crippen LogP) is 1.79. The lowest BCUT2D eigenvalue weighted by molar-refractivity contribution is -0.120. The molecule has 0 aliphatic carbocycles. The second kappa shape index (κ2) is 5.05. The van der Waals surface area contributed by atoms with Crippen LogP contribution >= 0.6 is 23.1 Å². The van der Waals surface area contributed by atoms with Crippen molar-refractivity contribution in [2.45, 2.75) is 35.6 Å². The summed E-state index contributed by atoms with van der Waals surface area (Å²) in [5.41, 5.74) is 6.58. The van der Waals surface area contributed by atoms with Crippen molar-refractivity contribution in [2.24, 2.45) is 0 Å². The Labute approximate surface area is 103 Å². The second-order valence-electron chi connectivity index (χ2n) is 3.82. The highest BCUT2D eigenvalue weighted by molar-refractivity contribution is 8.02. The van der Waals surface area contributed by atoms with E-state index >= 15 is 0 Å². The van der Waals surface area contributed by atoms with E-state index in [1.165, 1.54) is 11.3 Å². The second-order valence-corrected chi connectivity index (χ2v) is 6.32. The molecule has 0 bridgehead atoms. The number of hydrogen-bond acceptors (Lipinski definition) is 5. The highest BCUT2D eigenvalue weighted by Gasteiger charge is 2.23. The minimum atomic E-state index is 0.0149. The van der Waals surface area contributed by atoms with E-state index in [2.05, 4.69) is 10.3 Å². The van der Waals surface area contributed by atoms with Crippen LogP contribution in [0.2, 0.25) is 0 Å². The van der Waals surface area contributed by atoms with Crippen LogP contribution in [0.5, 0.6) is 0 Å². The summed E-state index contributed by atoms with van der Waals surface area (Å²) >= 11 is 3.06. The van der Waals surface area contributed by atoms with Crippen LogP contribution in [-0.2, 0) is 4.79 Å². The van der Waals surface area contributed by atoms with Crippen LogP contribution in [0.1, 0.15) is 25.0 Å². The van der Waals surface area contributed by atoms with Crippen molar-refractivity contribution >= 4 is 34.1 Å². The van der Waals surface area contributed by atoms with Gasteiger partial charge in [-0.1, -0.05) is 17.8 Å². The van der Waals surface area contributed by atoms with Gasteiger partial charge in [-0.15, -0.1) is 11.8 Å². The molecule has 6 heteroatoms. The zero-order chi connectivity index (χ0) is 11.5. The van der Waals surface area contributed by atoms with Crippen molar-refractivity contribution in [1.82, 2.24) is 10.3 Å². The quantitative estimate of drug-likeness (QED) is 0.847. The van der Waals surface area contributed by atoms with Gasteiger partial charge in [0.15, 0.2) is 5.13 Å². The Hall–Kier alpha value is -0.750. The molecule has 1 saturated heterocycles. The first-order valence-corrected chi connectivity index (χ1v) is 7.03. The number of thiazole rings is 1. The Kier molecular flexibility index (Phi) is 3.70. The number of nitrogen functional groups attached to an aromatic ring is 1. The van der Waals surface area contributed by atoms with E-state index in [0.29, 0.717) is 5.13 Å². The highest BCUT2D eigenvalue weighted by Crippen LogP contribution is 2.35. The number of nitrogens with one attached hydrogen (secondary N) is 1. The zero-order valence-electron chi connectivity index (χ0n) is 9.16. The number of amides is 1. The van der Waals surface area contributed by atoms with Crippen LogP contribution < -0.4 is 11.1 Å². The van der Waals surface area contributed by atoms with Gasteiger partial charge in [-0.3, -0.25) is 4.79 Å². The summed E-state index contributed by atoms with van der Waals surface area (Å²) in [6.45, 7) is 2.74. The van der Waals surface area contributed by atoms with E-state index in [1.54, 1.807) is 11.8 Å². The molecule has 3 N–H and O–H groups in total. The lowest BCUT2D eigenvalue weighted by Crippen LogP contribution is -2.30.